The standard InChI is InChI=1S/C19H22FN5O4.ClH/c1-19(8-21)9-24(7-14(19)23-29-2)17-13(20)5-11-15(26)12(18(27)28)6-25(10-3-4-10)16(11)22-17;/h5-6,10H,3-4,7-9,21H2,1-2H3,(H,27,28);1H/b23-14-;. The van der Waals surface area contributed by atoms with Gasteiger partial charge in [0.1, 0.15) is 18.3 Å². The van der Waals surface area contributed by atoms with Crippen LogP contribution in [-0.4, -0.2) is 53.1 Å². The van der Waals surface area contributed by atoms with Crippen LogP contribution >= 0.6 is 12.4 Å². The van der Waals surface area contributed by atoms with Crippen LogP contribution in [0.4, 0.5) is 10.2 Å². The Morgan fingerprint density at radius 2 is 2.20 bits per heavy atom. The molecule has 1 saturated heterocycles. The quantitative estimate of drug-likeness (QED) is 0.680. The van der Waals surface area contributed by atoms with E-state index in [1.54, 1.807) is 9.47 Å². The number of hydrogen-bond acceptors (Lipinski definition) is 7. The summed E-state index contributed by atoms with van der Waals surface area (Å²) >= 11 is 0. The summed E-state index contributed by atoms with van der Waals surface area (Å²) in [5.41, 5.74) is 5.26. The van der Waals surface area contributed by atoms with Gasteiger partial charge in [-0.15, -0.1) is 12.4 Å². The largest absolute Gasteiger partial charge is 0.477 e. The molecular formula is C19H23ClFN5O4. The number of rotatable bonds is 5. The highest BCUT2D eigenvalue weighted by Crippen LogP contribution is 2.38. The van der Waals surface area contributed by atoms with Gasteiger partial charge in [0.15, 0.2) is 11.6 Å². The number of oxime groups is 1. The molecule has 0 amide bonds. The minimum absolute atomic E-state index is 0. The van der Waals surface area contributed by atoms with Gasteiger partial charge in [0.05, 0.1) is 17.6 Å². The predicted octanol–water partition coefficient (Wildman–Crippen LogP) is 1.78. The zero-order valence-electron chi connectivity index (χ0n) is 16.6. The third-order valence-corrected chi connectivity index (χ3v) is 5.64. The lowest BCUT2D eigenvalue weighted by atomic mass is 9.88. The highest BCUT2D eigenvalue weighted by atomic mass is 35.5. The minimum atomic E-state index is -1.34. The van der Waals surface area contributed by atoms with Crippen LogP contribution in [-0.2, 0) is 4.84 Å². The van der Waals surface area contributed by atoms with E-state index in [9.17, 15) is 19.1 Å². The Balaban J connectivity index is 0.00000256. The molecule has 4 rings (SSSR count). The molecule has 30 heavy (non-hydrogen) atoms. The monoisotopic (exact) mass is 439 g/mol. The summed E-state index contributed by atoms with van der Waals surface area (Å²) in [5, 5.41) is 13.3. The molecule has 1 aliphatic heterocycles. The van der Waals surface area contributed by atoms with Crippen LogP contribution in [0.25, 0.3) is 11.0 Å². The zero-order chi connectivity index (χ0) is 20.9. The van der Waals surface area contributed by atoms with Gasteiger partial charge in [-0.25, -0.2) is 14.2 Å². The molecule has 0 radical (unpaired) electrons. The maximum atomic E-state index is 15.0. The van der Waals surface area contributed by atoms with Gasteiger partial charge in [0, 0.05) is 30.7 Å². The van der Waals surface area contributed by atoms with E-state index in [2.05, 4.69) is 10.1 Å². The molecular weight excluding hydrogens is 417 g/mol. The molecule has 3 N–H and O–H groups in total. The molecule has 1 aliphatic carbocycles. The molecule has 11 heteroatoms. The topological polar surface area (TPSA) is 123 Å². The van der Waals surface area contributed by atoms with Crippen molar-refractivity contribution in [1.82, 2.24) is 9.55 Å². The van der Waals surface area contributed by atoms with Crippen LogP contribution < -0.4 is 16.1 Å². The Kier molecular flexibility index (Phi) is 5.74. The Hall–Kier alpha value is -2.72. The van der Waals surface area contributed by atoms with Crippen molar-refractivity contribution in [3.8, 4) is 0 Å². The normalized spacial score (nSPS) is 22.4. The van der Waals surface area contributed by atoms with E-state index in [0.29, 0.717) is 18.8 Å². The van der Waals surface area contributed by atoms with Crippen molar-refractivity contribution in [2.75, 3.05) is 31.6 Å². The third kappa shape index (κ3) is 3.50. The van der Waals surface area contributed by atoms with Crippen LogP contribution in [0.2, 0.25) is 0 Å². The van der Waals surface area contributed by atoms with Gasteiger partial charge >= 0.3 is 5.97 Å². The van der Waals surface area contributed by atoms with E-state index < -0.39 is 22.6 Å². The summed E-state index contributed by atoms with van der Waals surface area (Å²) in [7, 11) is 1.44. The van der Waals surface area contributed by atoms with Crippen molar-refractivity contribution < 1.29 is 19.1 Å². The van der Waals surface area contributed by atoms with Gasteiger partial charge in [-0.3, -0.25) is 4.79 Å². The van der Waals surface area contributed by atoms with Gasteiger partial charge < -0.3 is 25.1 Å². The van der Waals surface area contributed by atoms with Crippen molar-refractivity contribution >= 4 is 40.9 Å². The van der Waals surface area contributed by atoms with Gasteiger partial charge in [-0.1, -0.05) is 12.1 Å². The minimum Gasteiger partial charge on any atom is -0.477 e. The highest BCUT2D eigenvalue weighted by molar-refractivity contribution is 5.97. The smallest absolute Gasteiger partial charge is 0.341 e. The maximum absolute atomic E-state index is 15.0. The number of hydrogen-bond donors (Lipinski definition) is 2. The summed E-state index contributed by atoms with van der Waals surface area (Å²) < 4.78 is 16.7. The SMILES string of the molecule is CO/N=C1/CN(c2nc3c(cc2F)c(=O)c(C(=O)O)cn3C2CC2)CC1(C)CN.Cl. The predicted molar refractivity (Wildman–Crippen MR) is 112 cm³/mol. The van der Waals surface area contributed by atoms with E-state index in [-0.39, 0.29) is 47.4 Å². The first kappa shape index (κ1) is 22.0. The number of aromatic nitrogens is 2. The first-order valence-electron chi connectivity index (χ1n) is 9.33. The third-order valence-electron chi connectivity index (χ3n) is 5.64. The number of carbonyl (C=O) groups is 1. The van der Waals surface area contributed by atoms with Crippen molar-refractivity contribution in [2.24, 2.45) is 16.3 Å². The average molecular weight is 440 g/mol. The Labute approximate surface area is 177 Å². The number of nitrogens with two attached hydrogens (primary N) is 1. The number of nitrogens with zero attached hydrogens (tertiary/aromatic N) is 4. The second-order valence-corrected chi connectivity index (χ2v) is 7.82. The number of pyridine rings is 2. The number of anilines is 1. The van der Waals surface area contributed by atoms with E-state index in [0.717, 1.165) is 18.9 Å². The number of halogens is 2. The number of carboxylic acid groups (broad SMARTS) is 1. The summed E-state index contributed by atoms with van der Waals surface area (Å²) in [5.74, 6) is -1.96. The van der Waals surface area contributed by atoms with Crippen molar-refractivity contribution in [3.63, 3.8) is 0 Å². The van der Waals surface area contributed by atoms with Gasteiger partial charge in [-0.05, 0) is 18.9 Å². The van der Waals surface area contributed by atoms with Gasteiger partial charge in [-0.2, -0.15) is 0 Å². The molecule has 3 heterocycles. The van der Waals surface area contributed by atoms with E-state index >= 15 is 0 Å². The second-order valence-electron chi connectivity index (χ2n) is 7.82. The molecule has 1 saturated carbocycles. The lowest BCUT2D eigenvalue weighted by Crippen LogP contribution is -2.36. The molecule has 1 unspecified atom stereocenters. The fraction of sp³-hybridized carbons (Fsp3) is 0.474. The molecule has 162 valence electrons. The summed E-state index contributed by atoms with van der Waals surface area (Å²) in [6.45, 7) is 2.90. The number of carboxylic acids is 1. The fourth-order valence-electron chi connectivity index (χ4n) is 3.76. The summed E-state index contributed by atoms with van der Waals surface area (Å²) in [4.78, 5) is 35.1. The highest BCUT2D eigenvalue weighted by Gasteiger charge is 2.41. The molecule has 0 aromatic carbocycles. The first-order valence-corrected chi connectivity index (χ1v) is 9.33. The summed E-state index contributed by atoms with van der Waals surface area (Å²) in [6, 6.07) is 1.14. The second kappa shape index (κ2) is 7.84. The molecule has 9 nitrogen and oxygen atoms in total. The Bertz CT molecular complexity index is 1100. The maximum Gasteiger partial charge on any atom is 0.341 e. The lowest BCUT2D eigenvalue weighted by Gasteiger charge is -2.23. The van der Waals surface area contributed by atoms with Crippen molar-refractivity contribution in [3.05, 3.63) is 33.9 Å². The van der Waals surface area contributed by atoms with Crippen LogP contribution in [0.3, 0.4) is 0 Å². The Morgan fingerprint density at radius 1 is 1.50 bits per heavy atom. The van der Waals surface area contributed by atoms with E-state index in [1.807, 2.05) is 6.92 Å². The van der Waals surface area contributed by atoms with E-state index in [1.165, 1.54) is 13.3 Å². The summed E-state index contributed by atoms with van der Waals surface area (Å²) in [6.07, 6.45) is 3.02. The molecule has 0 bridgehead atoms. The van der Waals surface area contributed by atoms with Crippen molar-refractivity contribution in [1.29, 1.82) is 0 Å². The molecule has 1 atom stereocenters. The molecule has 2 aliphatic rings. The van der Waals surface area contributed by atoms with E-state index in [4.69, 9.17) is 10.6 Å². The lowest BCUT2D eigenvalue weighted by molar-refractivity contribution is 0.0695. The number of aromatic carboxylic acids is 1. The van der Waals surface area contributed by atoms with Gasteiger partial charge in [0.25, 0.3) is 0 Å². The van der Waals surface area contributed by atoms with Crippen molar-refractivity contribution in [2.45, 2.75) is 25.8 Å². The van der Waals surface area contributed by atoms with Crippen LogP contribution in [0.15, 0.2) is 22.2 Å². The zero-order valence-corrected chi connectivity index (χ0v) is 17.4. The average Bonchev–Trinajstić information content (AvgIpc) is 3.47. The molecule has 2 fully saturated rings. The number of fused-ring (bicyclic) bond motifs is 1. The van der Waals surface area contributed by atoms with Crippen LogP contribution in [0.5, 0.6) is 0 Å². The molecule has 2 aromatic rings. The Morgan fingerprint density at radius 3 is 2.77 bits per heavy atom. The van der Waals surface area contributed by atoms with Crippen LogP contribution in [0.1, 0.15) is 36.2 Å². The van der Waals surface area contributed by atoms with Crippen LogP contribution in [0, 0.1) is 11.2 Å². The molecule has 2 aromatic heterocycles. The first-order chi connectivity index (χ1) is 13.8. The van der Waals surface area contributed by atoms with Gasteiger partial charge in [0.2, 0.25) is 5.43 Å². The fourth-order valence-corrected chi connectivity index (χ4v) is 3.76. The molecule has 0 spiro atoms.